The number of benzene rings is 2. The van der Waals surface area contributed by atoms with Crippen LogP contribution in [0.2, 0.25) is 0 Å². The van der Waals surface area contributed by atoms with E-state index in [0.29, 0.717) is 5.69 Å². The minimum Gasteiger partial charge on any atom is -0.508 e. The number of fused-ring (bicyclic) bond motifs is 3. The van der Waals surface area contributed by atoms with Gasteiger partial charge in [0.1, 0.15) is 11.4 Å². The topological polar surface area (TPSA) is 133 Å². The molecule has 2 aromatic heterocycles. The van der Waals surface area contributed by atoms with Gasteiger partial charge in [-0.2, -0.15) is 0 Å². The molecule has 30 heavy (non-hydrogen) atoms. The SMILES string of the molecule is Cc1nc(C(=O)NNC(=O)[C@@H](N)Cc2ccc(O)cc2)cc2c1[nH]c1ccccc12. The van der Waals surface area contributed by atoms with Crippen molar-refractivity contribution in [3.05, 3.63) is 71.5 Å². The molecule has 2 heterocycles. The predicted molar refractivity (Wildman–Crippen MR) is 114 cm³/mol. The van der Waals surface area contributed by atoms with E-state index in [1.54, 1.807) is 18.2 Å². The summed E-state index contributed by atoms with van der Waals surface area (Å²) in [5.74, 6) is -0.921. The van der Waals surface area contributed by atoms with Crippen molar-refractivity contribution >= 4 is 33.6 Å². The third-order valence-electron chi connectivity index (χ3n) is 4.94. The number of nitrogens with two attached hydrogens (primary N) is 1. The number of aromatic nitrogens is 2. The van der Waals surface area contributed by atoms with Gasteiger partial charge in [0.2, 0.25) is 0 Å². The summed E-state index contributed by atoms with van der Waals surface area (Å²) in [5, 5.41) is 11.2. The molecule has 0 radical (unpaired) electrons. The molecular formula is C22H21N5O3. The Morgan fingerprint density at radius 2 is 1.83 bits per heavy atom. The first kappa shape index (κ1) is 19.4. The van der Waals surface area contributed by atoms with E-state index in [4.69, 9.17) is 5.73 Å². The highest BCUT2D eigenvalue weighted by molar-refractivity contribution is 6.10. The third-order valence-corrected chi connectivity index (χ3v) is 4.94. The zero-order valence-electron chi connectivity index (χ0n) is 16.3. The van der Waals surface area contributed by atoms with E-state index in [0.717, 1.165) is 27.4 Å². The van der Waals surface area contributed by atoms with Gasteiger partial charge in [-0.05, 0) is 43.2 Å². The molecule has 8 nitrogen and oxygen atoms in total. The number of phenols is 1. The zero-order chi connectivity index (χ0) is 21.3. The number of H-pyrrole nitrogens is 1. The Morgan fingerprint density at radius 1 is 1.10 bits per heavy atom. The molecule has 0 aliphatic rings. The minimum absolute atomic E-state index is 0.138. The summed E-state index contributed by atoms with van der Waals surface area (Å²) in [6.45, 7) is 1.82. The van der Waals surface area contributed by atoms with Crippen molar-refractivity contribution < 1.29 is 14.7 Å². The first-order valence-corrected chi connectivity index (χ1v) is 9.44. The van der Waals surface area contributed by atoms with Crippen molar-refractivity contribution in [3.8, 4) is 5.75 Å². The number of aromatic hydroxyl groups is 1. The van der Waals surface area contributed by atoms with E-state index >= 15 is 0 Å². The van der Waals surface area contributed by atoms with E-state index in [-0.39, 0.29) is 17.9 Å². The number of rotatable bonds is 4. The lowest BCUT2D eigenvalue weighted by atomic mass is 10.1. The van der Waals surface area contributed by atoms with Crippen LogP contribution in [-0.4, -0.2) is 32.9 Å². The van der Waals surface area contributed by atoms with E-state index in [9.17, 15) is 14.7 Å². The van der Waals surface area contributed by atoms with Gasteiger partial charge in [0.25, 0.3) is 11.8 Å². The Balaban J connectivity index is 1.45. The molecule has 0 spiro atoms. The number of amides is 2. The highest BCUT2D eigenvalue weighted by Crippen LogP contribution is 2.27. The van der Waals surface area contributed by atoms with Gasteiger partial charge in [0.05, 0.1) is 17.3 Å². The Morgan fingerprint density at radius 3 is 2.60 bits per heavy atom. The second-order valence-electron chi connectivity index (χ2n) is 7.11. The van der Waals surface area contributed by atoms with Gasteiger partial charge in [0, 0.05) is 16.3 Å². The molecule has 8 heteroatoms. The Hall–Kier alpha value is -3.91. The summed E-state index contributed by atoms with van der Waals surface area (Å²) in [7, 11) is 0. The minimum atomic E-state index is -0.861. The lowest BCUT2D eigenvalue weighted by Gasteiger charge is -2.13. The molecule has 0 bridgehead atoms. The summed E-state index contributed by atoms with van der Waals surface area (Å²) in [5.41, 5.74) is 14.1. The number of pyridine rings is 1. The van der Waals surface area contributed by atoms with Crippen LogP contribution in [0.3, 0.4) is 0 Å². The van der Waals surface area contributed by atoms with Gasteiger partial charge >= 0.3 is 0 Å². The fraction of sp³-hybridized carbons (Fsp3) is 0.136. The number of phenolic OH excluding ortho intramolecular Hbond substituents is 1. The molecule has 0 aliphatic heterocycles. The summed E-state index contributed by atoms with van der Waals surface area (Å²) in [6.07, 6.45) is 0.265. The Labute approximate surface area is 172 Å². The molecule has 0 fully saturated rings. The van der Waals surface area contributed by atoms with Crippen LogP contribution in [0.25, 0.3) is 21.8 Å². The van der Waals surface area contributed by atoms with Crippen molar-refractivity contribution in [1.82, 2.24) is 20.8 Å². The number of carbonyl (C=O) groups is 2. The second-order valence-corrected chi connectivity index (χ2v) is 7.11. The number of nitrogens with zero attached hydrogens (tertiary/aromatic N) is 1. The molecule has 4 aromatic rings. The fourth-order valence-corrected chi connectivity index (χ4v) is 3.37. The van der Waals surface area contributed by atoms with Crippen LogP contribution in [0.5, 0.6) is 5.75 Å². The van der Waals surface area contributed by atoms with Crippen LogP contribution in [-0.2, 0) is 11.2 Å². The summed E-state index contributed by atoms with van der Waals surface area (Å²) >= 11 is 0. The number of para-hydroxylation sites is 1. The van der Waals surface area contributed by atoms with Gasteiger partial charge < -0.3 is 15.8 Å². The van der Waals surface area contributed by atoms with Gasteiger partial charge in [-0.15, -0.1) is 0 Å². The van der Waals surface area contributed by atoms with E-state index in [1.165, 1.54) is 12.1 Å². The van der Waals surface area contributed by atoms with Crippen LogP contribution in [0.15, 0.2) is 54.6 Å². The summed E-state index contributed by atoms with van der Waals surface area (Å²) in [6, 6.07) is 15.1. The van der Waals surface area contributed by atoms with E-state index in [2.05, 4.69) is 20.8 Å². The van der Waals surface area contributed by atoms with E-state index in [1.807, 2.05) is 31.2 Å². The van der Waals surface area contributed by atoms with Crippen LogP contribution in [0, 0.1) is 6.92 Å². The summed E-state index contributed by atoms with van der Waals surface area (Å²) < 4.78 is 0. The number of hydrazine groups is 1. The first-order chi connectivity index (χ1) is 14.4. The smallest absolute Gasteiger partial charge is 0.288 e. The number of nitrogens with one attached hydrogen (secondary N) is 3. The van der Waals surface area contributed by atoms with Crippen molar-refractivity contribution in [1.29, 1.82) is 0 Å². The van der Waals surface area contributed by atoms with Crippen molar-refractivity contribution in [2.45, 2.75) is 19.4 Å². The molecule has 2 aromatic carbocycles. The lowest BCUT2D eigenvalue weighted by molar-refractivity contribution is -0.123. The standard InChI is InChI=1S/C22H21N5O3/c1-12-20-16(15-4-2-3-5-18(15)25-20)11-19(24-12)22(30)27-26-21(29)17(23)10-13-6-8-14(28)9-7-13/h2-9,11,17,25,28H,10,23H2,1H3,(H,26,29)(H,27,30)/t17-/m0/s1. The first-order valence-electron chi connectivity index (χ1n) is 9.44. The quantitative estimate of drug-likeness (QED) is 0.333. The van der Waals surface area contributed by atoms with Crippen LogP contribution in [0.1, 0.15) is 21.7 Å². The average Bonchev–Trinajstić information content (AvgIpc) is 3.12. The molecule has 6 N–H and O–H groups in total. The van der Waals surface area contributed by atoms with Gasteiger partial charge in [-0.25, -0.2) is 4.98 Å². The number of carbonyl (C=O) groups excluding carboxylic acids is 2. The molecule has 1 atom stereocenters. The third kappa shape index (κ3) is 3.81. The average molecular weight is 403 g/mol. The molecular weight excluding hydrogens is 382 g/mol. The normalized spacial score (nSPS) is 12.1. The van der Waals surface area contributed by atoms with Crippen LogP contribution >= 0.6 is 0 Å². The monoisotopic (exact) mass is 403 g/mol. The number of hydrogen-bond acceptors (Lipinski definition) is 5. The highest BCUT2D eigenvalue weighted by atomic mass is 16.3. The molecule has 4 rings (SSSR count). The maximum atomic E-state index is 12.6. The highest BCUT2D eigenvalue weighted by Gasteiger charge is 2.17. The van der Waals surface area contributed by atoms with Crippen LogP contribution in [0.4, 0.5) is 0 Å². The Kier molecular flexibility index (Phi) is 5.07. The lowest BCUT2D eigenvalue weighted by Crippen LogP contribution is -2.50. The van der Waals surface area contributed by atoms with Crippen molar-refractivity contribution in [2.24, 2.45) is 5.73 Å². The number of aryl methyl sites for hydroxylation is 1. The largest absolute Gasteiger partial charge is 0.508 e. The van der Waals surface area contributed by atoms with Crippen molar-refractivity contribution in [2.75, 3.05) is 0 Å². The van der Waals surface area contributed by atoms with Gasteiger partial charge in [0.15, 0.2) is 0 Å². The number of hydrogen-bond donors (Lipinski definition) is 5. The van der Waals surface area contributed by atoms with Crippen LogP contribution < -0.4 is 16.6 Å². The molecule has 0 saturated carbocycles. The maximum absolute atomic E-state index is 12.6. The Bertz CT molecular complexity index is 1250. The zero-order valence-corrected chi connectivity index (χ0v) is 16.3. The molecule has 152 valence electrons. The van der Waals surface area contributed by atoms with Crippen molar-refractivity contribution in [3.63, 3.8) is 0 Å². The molecule has 0 aliphatic carbocycles. The predicted octanol–water partition coefficient (Wildman–Crippen LogP) is 2.06. The van der Waals surface area contributed by atoms with Gasteiger partial charge in [-0.1, -0.05) is 30.3 Å². The molecule has 2 amide bonds. The van der Waals surface area contributed by atoms with Gasteiger partial charge in [-0.3, -0.25) is 20.4 Å². The number of aromatic amines is 1. The molecule has 0 saturated heterocycles. The van der Waals surface area contributed by atoms with E-state index < -0.39 is 17.9 Å². The maximum Gasteiger partial charge on any atom is 0.288 e. The fourth-order valence-electron chi connectivity index (χ4n) is 3.37. The second kappa shape index (κ2) is 7.84. The molecule has 0 unspecified atom stereocenters. The summed E-state index contributed by atoms with van der Waals surface area (Å²) in [4.78, 5) is 32.4.